The van der Waals surface area contributed by atoms with Crippen LogP contribution in [0.4, 0.5) is 0 Å². The fraction of sp³-hybridized carbons (Fsp3) is 1.00. The average molecular weight is 270 g/mol. The van der Waals surface area contributed by atoms with Gasteiger partial charge < -0.3 is 15.0 Å². The molecule has 0 aromatic rings. The molecule has 0 aromatic carbocycles. The zero-order valence-corrected chi connectivity index (χ0v) is 13.3. The summed E-state index contributed by atoms with van der Waals surface area (Å²) in [5.74, 6) is 0.748. The molecule has 3 nitrogen and oxygen atoms in total. The van der Waals surface area contributed by atoms with Crippen LogP contribution in [0.1, 0.15) is 52.9 Å². The summed E-state index contributed by atoms with van der Waals surface area (Å²) in [6.45, 7) is 13.5. The first kappa shape index (κ1) is 16.9. The second kappa shape index (κ2) is 10.6. The van der Waals surface area contributed by atoms with Crippen molar-refractivity contribution >= 4 is 0 Å². The van der Waals surface area contributed by atoms with E-state index in [9.17, 15) is 0 Å². The average Bonchev–Trinajstić information content (AvgIpc) is 2.39. The van der Waals surface area contributed by atoms with E-state index >= 15 is 0 Å². The largest absolute Gasteiger partial charge is 0.377 e. The summed E-state index contributed by atoms with van der Waals surface area (Å²) in [5.41, 5.74) is 0. The lowest BCUT2D eigenvalue weighted by Crippen LogP contribution is -2.33. The van der Waals surface area contributed by atoms with Gasteiger partial charge in [-0.1, -0.05) is 20.3 Å². The van der Waals surface area contributed by atoms with E-state index in [2.05, 4.69) is 31.0 Å². The Kier molecular flexibility index (Phi) is 9.48. The molecule has 1 saturated heterocycles. The third kappa shape index (κ3) is 9.42. The Hall–Kier alpha value is -0.120. The molecule has 0 spiro atoms. The van der Waals surface area contributed by atoms with Gasteiger partial charge in [-0.15, -0.1) is 0 Å². The van der Waals surface area contributed by atoms with Crippen molar-refractivity contribution in [3.63, 3.8) is 0 Å². The summed E-state index contributed by atoms with van der Waals surface area (Å²) in [7, 11) is 0. The van der Waals surface area contributed by atoms with E-state index in [1.165, 1.54) is 45.2 Å². The van der Waals surface area contributed by atoms with Crippen LogP contribution < -0.4 is 5.32 Å². The minimum Gasteiger partial charge on any atom is -0.377 e. The predicted octanol–water partition coefficient (Wildman–Crippen LogP) is 2.90. The van der Waals surface area contributed by atoms with Crippen LogP contribution in [0, 0.1) is 5.92 Å². The Morgan fingerprint density at radius 3 is 2.53 bits per heavy atom. The van der Waals surface area contributed by atoms with Crippen molar-refractivity contribution in [2.45, 2.75) is 59.0 Å². The highest BCUT2D eigenvalue weighted by molar-refractivity contribution is 4.64. The van der Waals surface area contributed by atoms with Gasteiger partial charge in [0.1, 0.15) is 0 Å². The van der Waals surface area contributed by atoms with Gasteiger partial charge in [-0.2, -0.15) is 0 Å². The van der Waals surface area contributed by atoms with Gasteiger partial charge in [0.25, 0.3) is 0 Å². The number of nitrogens with one attached hydrogen (secondary N) is 1. The molecule has 0 radical (unpaired) electrons. The zero-order valence-electron chi connectivity index (χ0n) is 13.3. The lowest BCUT2D eigenvalue weighted by molar-refractivity contribution is 0.0393. The SMILES string of the molecule is CC(C)CNCCCC(C)OCCN1CCCCC1. The highest BCUT2D eigenvalue weighted by atomic mass is 16.5. The molecule has 0 aliphatic carbocycles. The second-order valence-electron chi connectivity index (χ2n) is 6.32. The van der Waals surface area contributed by atoms with Crippen molar-refractivity contribution in [3.05, 3.63) is 0 Å². The lowest BCUT2D eigenvalue weighted by Gasteiger charge is -2.26. The fourth-order valence-electron chi connectivity index (χ4n) is 2.55. The van der Waals surface area contributed by atoms with Gasteiger partial charge in [-0.05, 0) is 64.7 Å². The van der Waals surface area contributed by atoms with Crippen LogP contribution in [0.2, 0.25) is 0 Å². The van der Waals surface area contributed by atoms with Crippen molar-refractivity contribution in [1.29, 1.82) is 0 Å². The molecule has 0 saturated carbocycles. The van der Waals surface area contributed by atoms with Gasteiger partial charge >= 0.3 is 0 Å². The van der Waals surface area contributed by atoms with Gasteiger partial charge in [0.2, 0.25) is 0 Å². The smallest absolute Gasteiger partial charge is 0.0597 e. The Morgan fingerprint density at radius 2 is 1.84 bits per heavy atom. The first-order valence-corrected chi connectivity index (χ1v) is 8.23. The maximum atomic E-state index is 5.90. The highest BCUT2D eigenvalue weighted by Gasteiger charge is 2.10. The monoisotopic (exact) mass is 270 g/mol. The van der Waals surface area contributed by atoms with Crippen LogP contribution in [0.3, 0.4) is 0 Å². The van der Waals surface area contributed by atoms with Gasteiger partial charge in [0.05, 0.1) is 12.7 Å². The van der Waals surface area contributed by atoms with Gasteiger partial charge in [-0.3, -0.25) is 0 Å². The van der Waals surface area contributed by atoms with Crippen molar-refractivity contribution in [1.82, 2.24) is 10.2 Å². The van der Waals surface area contributed by atoms with Gasteiger partial charge in [0.15, 0.2) is 0 Å². The molecule has 19 heavy (non-hydrogen) atoms. The van der Waals surface area contributed by atoms with E-state index in [4.69, 9.17) is 4.74 Å². The number of rotatable bonds is 10. The first-order chi connectivity index (χ1) is 9.18. The first-order valence-electron chi connectivity index (χ1n) is 8.23. The minimum atomic E-state index is 0.408. The Morgan fingerprint density at radius 1 is 1.11 bits per heavy atom. The van der Waals surface area contributed by atoms with E-state index in [1.54, 1.807) is 0 Å². The maximum Gasteiger partial charge on any atom is 0.0597 e. The van der Waals surface area contributed by atoms with E-state index in [0.29, 0.717) is 6.10 Å². The van der Waals surface area contributed by atoms with Crippen LogP contribution in [0.25, 0.3) is 0 Å². The predicted molar refractivity (Wildman–Crippen MR) is 82.6 cm³/mol. The molecular formula is C16H34N2O. The number of ether oxygens (including phenoxy) is 1. The van der Waals surface area contributed by atoms with Crippen LogP contribution in [-0.2, 0) is 4.74 Å². The van der Waals surface area contributed by atoms with Crippen LogP contribution >= 0.6 is 0 Å². The molecular weight excluding hydrogens is 236 g/mol. The molecule has 0 amide bonds. The number of likely N-dealkylation sites (tertiary alicyclic amines) is 1. The molecule has 3 heteroatoms. The molecule has 1 fully saturated rings. The van der Waals surface area contributed by atoms with E-state index in [-0.39, 0.29) is 0 Å². The topological polar surface area (TPSA) is 24.5 Å². The molecule has 1 unspecified atom stereocenters. The van der Waals surface area contributed by atoms with E-state index in [0.717, 1.165) is 32.2 Å². The highest BCUT2D eigenvalue weighted by Crippen LogP contribution is 2.08. The third-order valence-corrected chi connectivity index (χ3v) is 3.78. The number of piperidine rings is 1. The Labute approximate surface area is 120 Å². The number of hydrogen-bond donors (Lipinski definition) is 1. The molecule has 114 valence electrons. The third-order valence-electron chi connectivity index (χ3n) is 3.78. The summed E-state index contributed by atoms with van der Waals surface area (Å²) in [5, 5.41) is 3.48. The van der Waals surface area contributed by atoms with Crippen molar-refractivity contribution in [2.24, 2.45) is 5.92 Å². The Bertz CT molecular complexity index is 203. The van der Waals surface area contributed by atoms with Gasteiger partial charge in [-0.25, -0.2) is 0 Å². The Balaban J connectivity index is 1.88. The molecule has 1 N–H and O–H groups in total. The minimum absolute atomic E-state index is 0.408. The summed E-state index contributed by atoms with van der Waals surface area (Å²) in [6, 6.07) is 0. The number of hydrogen-bond acceptors (Lipinski definition) is 3. The molecule has 0 aromatic heterocycles. The fourth-order valence-corrected chi connectivity index (χ4v) is 2.55. The van der Waals surface area contributed by atoms with Crippen molar-refractivity contribution in [2.75, 3.05) is 39.3 Å². The van der Waals surface area contributed by atoms with Gasteiger partial charge in [0, 0.05) is 6.54 Å². The van der Waals surface area contributed by atoms with E-state index < -0.39 is 0 Å². The molecule has 1 aliphatic heterocycles. The lowest BCUT2D eigenvalue weighted by atomic mass is 10.1. The normalized spacial score (nSPS) is 18.9. The molecule has 1 heterocycles. The summed E-state index contributed by atoms with van der Waals surface area (Å²) in [6.07, 6.45) is 6.96. The quantitative estimate of drug-likeness (QED) is 0.618. The summed E-state index contributed by atoms with van der Waals surface area (Å²) >= 11 is 0. The van der Waals surface area contributed by atoms with Crippen LogP contribution in [-0.4, -0.2) is 50.3 Å². The standard InChI is InChI=1S/C16H34N2O/c1-15(2)14-17-9-7-8-16(3)19-13-12-18-10-5-4-6-11-18/h15-17H,4-14H2,1-3H3. The maximum absolute atomic E-state index is 5.90. The van der Waals surface area contributed by atoms with Crippen LogP contribution in [0.15, 0.2) is 0 Å². The molecule has 0 bridgehead atoms. The molecule has 1 rings (SSSR count). The second-order valence-corrected chi connectivity index (χ2v) is 6.32. The number of nitrogens with zero attached hydrogens (tertiary/aromatic N) is 1. The molecule has 1 atom stereocenters. The van der Waals surface area contributed by atoms with E-state index in [1.807, 2.05) is 0 Å². The van der Waals surface area contributed by atoms with Crippen LogP contribution in [0.5, 0.6) is 0 Å². The van der Waals surface area contributed by atoms with Crippen molar-refractivity contribution < 1.29 is 4.74 Å². The zero-order chi connectivity index (χ0) is 13.9. The summed E-state index contributed by atoms with van der Waals surface area (Å²) in [4.78, 5) is 2.54. The van der Waals surface area contributed by atoms with Crippen molar-refractivity contribution in [3.8, 4) is 0 Å². The summed E-state index contributed by atoms with van der Waals surface area (Å²) < 4.78 is 5.90. The molecule has 1 aliphatic rings.